The Kier molecular flexibility index (Phi) is 5.70. The van der Waals surface area contributed by atoms with Crippen LogP contribution in [0.15, 0.2) is 42.5 Å². The monoisotopic (exact) mass is 408 g/mol. The van der Waals surface area contributed by atoms with E-state index in [0.29, 0.717) is 17.1 Å². The summed E-state index contributed by atoms with van der Waals surface area (Å²) in [4.78, 5) is 38.7. The second-order valence-electron chi connectivity index (χ2n) is 7.50. The zero-order valence-corrected chi connectivity index (χ0v) is 16.8. The van der Waals surface area contributed by atoms with Crippen molar-refractivity contribution >= 4 is 29.2 Å². The van der Waals surface area contributed by atoms with E-state index in [-0.39, 0.29) is 25.5 Å². The highest BCUT2D eigenvalue weighted by molar-refractivity contribution is 6.00. The molecule has 2 aromatic rings. The second-order valence-corrected chi connectivity index (χ2v) is 7.50. The molecule has 2 aromatic carbocycles. The van der Waals surface area contributed by atoms with E-state index >= 15 is 0 Å². The van der Waals surface area contributed by atoms with E-state index < -0.39 is 18.0 Å². The van der Waals surface area contributed by atoms with E-state index in [1.165, 1.54) is 23.0 Å². The first kappa shape index (κ1) is 19.9. The molecule has 0 aromatic heterocycles. The molecule has 1 N–H and O–H groups in total. The lowest BCUT2D eigenvalue weighted by atomic mass is 10.1. The molecule has 1 heterocycles. The summed E-state index contributed by atoms with van der Waals surface area (Å²) in [5.41, 5.74) is 3.78. The van der Waals surface area contributed by atoms with Crippen molar-refractivity contribution in [3.8, 4) is 5.75 Å². The van der Waals surface area contributed by atoms with E-state index in [4.69, 9.17) is 9.47 Å². The first-order valence-corrected chi connectivity index (χ1v) is 10.2. The van der Waals surface area contributed by atoms with Gasteiger partial charge in [0.15, 0.2) is 6.10 Å². The van der Waals surface area contributed by atoms with Crippen LogP contribution < -0.4 is 15.0 Å². The molecule has 7 nitrogen and oxygen atoms in total. The predicted molar refractivity (Wildman–Crippen MR) is 112 cm³/mol. The third-order valence-electron chi connectivity index (χ3n) is 5.36. The molecule has 1 atom stereocenters. The fourth-order valence-electron chi connectivity index (χ4n) is 3.80. The minimum atomic E-state index is -0.987. The highest BCUT2D eigenvalue weighted by atomic mass is 16.5. The highest BCUT2D eigenvalue weighted by Crippen LogP contribution is 2.31. The van der Waals surface area contributed by atoms with Crippen LogP contribution in [0.3, 0.4) is 0 Å². The summed E-state index contributed by atoms with van der Waals surface area (Å²) in [5.74, 6) is -0.755. The number of nitrogens with zero attached hydrogens (tertiary/aromatic N) is 1. The fourth-order valence-corrected chi connectivity index (χ4v) is 3.80. The van der Waals surface area contributed by atoms with Crippen LogP contribution in [-0.4, -0.2) is 37.0 Å². The zero-order valence-electron chi connectivity index (χ0n) is 16.8. The Morgan fingerprint density at radius 3 is 2.80 bits per heavy atom. The van der Waals surface area contributed by atoms with Crippen LogP contribution in [0.4, 0.5) is 11.4 Å². The zero-order chi connectivity index (χ0) is 21.1. The van der Waals surface area contributed by atoms with Crippen LogP contribution >= 0.6 is 0 Å². The van der Waals surface area contributed by atoms with Crippen LogP contribution in [0, 0.1) is 0 Å². The normalized spacial score (nSPS) is 16.0. The Balaban J connectivity index is 1.37. The number of esters is 1. The molecule has 156 valence electrons. The number of amides is 2. The number of rotatable bonds is 5. The summed E-state index contributed by atoms with van der Waals surface area (Å²) >= 11 is 0. The number of anilines is 2. The predicted octanol–water partition coefficient (Wildman–Crippen LogP) is 2.86. The van der Waals surface area contributed by atoms with Gasteiger partial charge in [0.25, 0.3) is 5.91 Å². The van der Waals surface area contributed by atoms with Crippen molar-refractivity contribution in [2.75, 3.05) is 23.4 Å². The van der Waals surface area contributed by atoms with Crippen LogP contribution in [-0.2, 0) is 32.0 Å². The lowest BCUT2D eigenvalue weighted by molar-refractivity contribution is -0.152. The molecular formula is C23H24N2O5. The van der Waals surface area contributed by atoms with Crippen molar-refractivity contribution < 1.29 is 23.9 Å². The Morgan fingerprint density at radius 1 is 1.13 bits per heavy atom. The molecule has 0 unspecified atom stereocenters. The van der Waals surface area contributed by atoms with E-state index in [2.05, 4.69) is 5.32 Å². The van der Waals surface area contributed by atoms with E-state index in [1.54, 1.807) is 24.3 Å². The number of carbonyl (C=O) groups is 3. The minimum absolute atomic E-state index is 0.163. The lowest BCUT2D eigenvalue weighted by Gasteiger charge is -2.22. The van der Waals surface area contributed by atoms with Gasteiger partial charge < -0.3 is 14.8 Å². The molecule has 0 bridgehead atoms. The Bertz CT molecular complexity index is 987. The molecular weight excluding hydrogens is 384 g/mol. The fraction of sp³-hybridized carbons (Fsp3) is 0.348. The molecule has 0 saturated carbocycles. The molecule has 0 radical (unpaired) electrons. The second kappa shape index (κ2) is 8.57. The number of hydrogen-bond donors (Lipinski definition) is 1. The van der Waals surface area contributed by atoms with Crippen LogP contribution in [0.1, 0.15) is 30.9 Å². The van der Waals surface area contributed by atoms with Gasteiger partial charge in [0.1, 0.15) is 12.3 Å². The largest absolute Gasteiger partial charge is 0.491 e. The quantitative estimate of drug-likeness (QED) is 0.769. The van der Waals surface area contributed by atoms with Crippen molar-refractivity contribution in [2.45, 2.75) is 38.7 Å². The molecule has 4 rings (SSSR count). The lowest BCUT2D eigenvalue weighted by Crippen LogP contribution is -2.39. The average molecular weight is 408 g/mol. The molecule has 2 amide bonds. The van der Waals surface area contributed by atoms with Crippen molar-refractivity contribution in [2.24, 2.45) is 0 Å². The highest BCUT2D eigenvalue weighted by Gasteiger charge is 2.27. The molecule has 1 aliphatic heterocycles. The minimum Gasteiger partial charge on any atom is -0.491 e. The SMILES string of the molecule is C[C@@H](OC(=O)CN1C(=O)CCOc2ccccc21)C(=O)Nc1ccc2c(c1)CCC2. The van der Waals surface area contributed by atoms with Gasteiger partial charge in [-0.15, -0.1) is 0 Å². The maximum absolute atomic E-state index is 12.5. The van der Waals surface area contributed by atoms with Crippen LogP contribution in [0.25, 0.3) is 0 Å². The van der Waals surface area contributed by atoms with Crippen LogP contribution in [0.2, 0.25) is 0 Å². The smallest absolute Gasteiger partial charge is 0.326 e. The third-order valence-corrected chi connectivity index (χ3v) is 5.36. The molecule has 0 fully saturated rings. The summed E-state index contributed by atoms with van der Waals surface area (Å²) < 4.78 is 10.9. The molecule has 0 spiro atoms. The number of carbonyl (C=O) groups excluding carboxylic acids is 3. The number of nitrogens with one attached hydrogen (secondary N) is 1. The van der Waals surface area contributed by atoms with Gasteiger partial charge in [-0.25, -0.2) is 0 Å². The maximum atomic E-state index is 12.5. The third kappa shape index (κ3) is 4.30. The number of aryl methyl sites for hydroxylation is 2. The Morgan fingerprint density at radius 2 is 1.93 bits per heavy atom. The number of ether oxygens (including phenoxy) is 2. The number of hydrogen-bond acceptors (Lipinski definition) is 5. The first-order valence-electron chi connectivity index (χ1n) is 10.2. The Hall–Kier alpha value is -3.35. The van der Waals surface area contributed by atoms with E-state index in [0.717, 1.165) is 19.3 Å². The average Bonchev–Trinajstić information content (AvgIpc) is 3.14. The first-order chi connectivity index (χ1) is 14.5. The number of benzene rings is 2. The molecule has 1 aliphatic carbocycles. The van der Waals surface area contributed by atoms with Gasteiger partial charge in [0, 0.05) is 5.69 Å². The van der Waals surface area contributed by atoms with Gasteiger partial charge in [-0.3, -0.25) is 19.3 Å². The topological polar surface area (TPSA) is 84.9 Å². The Labute approximate surface area is 175 Å². The van der Waals surface area contributed by atoms with Gasteiger partial charge in [-0.05, 0) is 61.6 Å². The van der Waals surface area contributed by atoms with Gasteiger partial charge >= 0.3 is 5.97 Å². The summed E-state index contributed by atoms with van der Waals surface area (Å²) in [6, 6.07) is 12.9. The standard InChI is InChI=1S/C23H24N2O5/c1-15(23(28)24-18-10-9-16-5-4-6-17(16)13-18)30-22(27)14-25-19-7-2-3-8-20(19)29-12-11-21(25)26/h2-3,7-10,13,15H,4-6,11-12,14H2,1H3,(H,24,28)/t15-/m1/s1. The van der Waals surface area contributed by atoms with Gasteiger partial charge in [0.2, 0.25) is 5.91 Å². The van der Waals surface area contributed by atoms with Gasteiger partial charge in [-0.1, -0.05) is 18.2 Å². The van der Waals surface area contributed by atoms with Gasteiger partial charge in [-0.2, -0.15) is 0 Å². The molecule has 30 heavy (non-hydrogen) atoms. The van der Waals surface area contributed by atoms with Crippen molar-refractivity contribution in [1.82, 2.24) is 0 Å². The molecule has 2 aliphatic rings. The van der Waals surface area contributed by atoms with Crippen LogP contribution in [0.5, 0.6) is 5.75 Å². The summed E-state index contributed by atoms with van der Waals surface area (Å²) in [5, 5.41) is 2.80. The molecule has 0 saturated heterocycles. The molecule has 7 heteroatoms. The summed E-state index contributed by atoms with van der Waals surface area (Å²) in [6.07, 6.45) is 2.39. The van der Waals surface area contributed by atoms with E-state index in [1.807, 2.05) is 18.2 Å². The van der Waals surface area contributed by atoms with Crippen molar-refractivity contribution in [3.05, 3.63) is 53.6 Å². The maximum Gasteiger partial charge on any atom is 0.326 e. The van der Waals surface area contributed by atoms with Crippen molar-refractivity contribution in [1.29, 1.82) is 0 Å². The van der Waals surface area contributed by atoms with Gasteiger partial charge in [0.05, 0.1) is 18.7 Å². The number of fused-ring (bicyclic) bond motifs is 2. The number of para-hydroxylation sites is 2. The summed E-state index contributed by atoms with van der Waals surface area (Å²) in [6.45, 7) is 1.48. The van der Waals surface area contributed by atoms with Crippen molar-refractivity contribution in [3.63, 3.8) is 0 Å². The van der Waals surface area contributed by atoms with E-state index in [9.17, 15) is 14.4 Å². The summed E-state index contributed by atoms with van der Waals surface area (Å²) in [7, 11) is 0.